The van der Waals surface area contributed by atoms with Crippen LogP contribution in [-0.2, 0) is 11.2 Å². The van der Waals surface area contributed by atoms with Gasteiger partial charge < -0.3 is 25.8 Å². The SMILES string of the molecule is O=C1NCC2(CCCCC2)N2c3nc(Nc4ccc(N5CCNCC5)cn4)ncc3CC12. The fourth-order valence-corrected chi connectivity index (χ4v) is 5.79. The van der Waals surface area contributed by atoms with Gasteiger partial charge in [-0.05, 0) is 25.0 Å². The highest BCUT2D eigenvalue weighted by atomic mass is 16.2. The molecule has 0 radical (unpaired) electrons. The number of piperazine rings is 2. The summed E-state index contributed by atoms with van der Waals surface area (Å²) in [4.78, 5) is 31.4. The van der Waals surface area contributed by atoms with Crippen molar-refractivity contribution in [1.82, 2.24) is 25.6 Å². The number of rotatable bonds is 3. The number of pyridine rings is 1. The molecule has 1 aliphatic carbocycles. The second-order valence-electron chi connectivity index (χ2n) is 9.40. The van der Waals surface area contributed by atoms with Gasteiger partial charge in [0, 0.05) is 50.9 Å². The minimum absolute atomic E-state index is 0.0170. The van der Waals surface area contributed by atoms with Crippen molar-refractivity contribution in [3.05, 3.63) is 30.1 Å². The molecule has 3 aliphatic heterocycles. The van der Waals surface area contributed by atoms with Crippen molar-refractivity contribution in [3.8, 4) is 0 Å². The molecule has 0 bridgehead atoms. The van der Waals surface area contributed by atoms with Gasteiger partial charge in [0.1, 0.15) is 17.7 Å². The summed E-state index contributed by atoms with van der Waals surface area (Å²) < 4.78 is 0. The van der Waals surface area contributed by atoms with Crippen LogP contribution in [0, 0.1) is 0 Å². The molecule has 1 spiro atoms. The van der Waals surface area contributed by atoms with Crippen molar-refractivity contribution in [3.63, 3.8) is 0 Å². The number of carbonyl (C=O) groups excluding carboxylic acids is 1. The second-order valence-corrected chi connectivity index (χ2v) is 9.40. The fourth-order valence-electron chi connectivity index (χ4n) is 5.79. The molecule has 1 atom stereocenters. The van der Waals surface area contributed by atoms with Gasteiger partial charge in [0.25, 0.3) is 0 Å². The Morgan fingerprint density at radius 2 is 1.91 bits per heavy atom. The van der Waals surface area contributed by atoms with Crippen molar-refractivity contribution in [2.45, 2.75) is 50.1 Å². The molecule has 2 aromatic rings. The molecular weight excluding hydrogens is 404 g/mol. The van der Waals surface area contributed by atoms with E-state index in [-0.39, 0.29) is 17.5 Å². The zero-order valence-corrected chi connectivity index (χ0v) is 18.3. The molecule has 0 aromatic carbocycles. The van der Waals surface area contributed by atoms with E-state index in [2.05, 4.69) is 41.8 Å². The van der Waals surface area contributed by atoms with E-state index in [1.165, 1.54) is 19.3 Å². The van der Waals surface area contributed by atoms with Crippen LogP contribution in [0.25, 0.3) is 0 Å². The Kier molecular flexibility index (Phi) is 4.86. The van der Waals surface area contributed by atoms with Crippen molar-refractivity contribution < 1.29 is 4.79 Å². The number of nitrogens with one attached hydrogen (secondary N) is 3. The molecule has 1 amide bonds. The summed E-state index contributed by atoms with van der Waals surface area (Å²) >= 11 is 0. The predicted molar refractivity (Wildman–Crippen MR) is 123 cm³/mol. The molecule has 6 rings (SSSR count). The first-order valence-corrected chi connectivity index (χ1v) is 11.8. The number of carbonyl (C=O) groups is 1. The average molecular weight is 435 g/mol. The molecule has 1 unspecified atom stereocenters. The molecule has 3 fully saturated rings. The molecular formula is C23H30N8O. The van der Waals surface area contributed by atoms with Gasteiger partial charge in [0.2, 0.25) is 11.9 Å². The average Bonchev–Trinajstić information content (AvgIpc) is 3.24. The minimum atomic E-state index is -0.169. The van der Waals surface area contributed by atoms with E-state index in [0.29, 0.717) is 18.9 Å². The van der Waals surface area contributed by atoms with Crippen LogP contribution < -0.4 is 25.8 Å². The molecule has 1 saturated carbocycles. The standard InChI is InChI=1S/C23H30N8O/c32-21-18-12-16-13-26-22(28-19-5-4-17(14-25-19)30-10-8-24-9-11-30)29-20(16)31(18)23(15-27-21)6-2-1-3-7-23/h4-5,13-14,18,24H,1-3,6-12,15H2,(H,27,32)(H,25,26,28,29). The zero-order valence-electron chi connectivity index (χ0n) is 18.3. The third-order valence-electron chi connectivity index (χ3n) is 7.45. The number of anilines is 4. The summed E-state index contributed by atoms with van der Waals surface area (Å²) in [7, 11) is 0. The molecule has 2 aromatic heterocycles. The lowest BCUT2D eigenvalue weighted by Crippen LogP contribution is -2.67. The van der Waals surface area contributed by atoms with Gasteiger partial charge in [-0.2, -0.15) is 4.98 Å². The van der Waals surface area contributed by atoms with Crippen LogP contribution in [-0.4, -0.2) is 65.2 Å². The van der Waals surface area contributed by atoms with Crippen molar-refractivity contribution in [2.75, 3.05) is 47.8 Å². The van der Waals surface area contributed by atoms with E-state index in [9.17, 15) is 4.79 Å². The highest BCUT2D eigenvalue weighted by molar-refractivity contribution is 5.90. The zero-order chi connectivity index (χ0) is 21.5. The molecule has 3 N–H and O–H groups in total. The largest absolute Gasteiger partial charge is 0.368 e. The number of hydrogen-bond acceptors (Lipinski definition) is 8. The van der Waals surface area contributed by atoms with Crippen LogP contribution in [0.1, 0.15) is 37.7 Å². The Balaban J connectivity index is 1.25. The van der Waals surface area contributed by atoms with E-state index in [1.54, 1.807) is 0 Å². The van der Waals surface area contributed by atoms with E-state index in [0.717, 1.165) is 61.9 Å². The quantitative estimate of drug-likeness (QED) is 0.670. The van der Waals surface area contributed by atoms with Crippen LogP contribution in [0.15, 0.2) is 24.5 Å². The maximum absolute atomic E-state index is 12.7. The van der Waals surface area contributed by atoms with Crippen LogP contribution in [0.2, 0.25) is 0 Å². The summed E-state index contributed by atoms with van der Waals surface area (Å²) in [5, 5.41) is 9.82. The van der Waals surface area contributed by atoms with Crippen molar-refractivity contribution in [2.24, 2.45) is 0 Å². The van der Waals surface area contributed by atoms with Gasteiger partial charge >= 0.3 is 0 Å². The molecule has 4 aliphatic rings. The lowest BCUT2D eigenvalue weighted by atomic mass is 9.78. The first-order chi connectivity index (χ1) is 15.7. The monoisotopic (exact) mass is 434 g/mol. The first-order valence-electron chi connectivity index (χ1n) is 11.8. The molecule has 9 nitrogen and oxygen atoms in total. The maximum atomic E-state index is 12.7. The maximum Gasteiger partial charge on any atom is 0.243 e. The number of nitrogens with zero attached hydrogens (tertiary/aromatic N) is 5. The van der Waals surface area contributed by atoms with Crippen molar-refractivity contribution in [1.29, 1.82) is 0 Å². The Labute approximate surface area is 188 Å². The molecule has 32 heavy (non-hydrogen) atoms. The molecule has 5 heterocycles. The third-order valence-corrected chi connectivity index (χ3v) is 7.45. The number of aromatic nitrogens is 3. The van der Waals surface area contributed by atoms with E-state index in [4.69, 9.17) is 4.98 Å². The van der Waals surface area contributed by atoms with Gasteiger partial charge in [0.15, 0.2) is 0 Å². The summed E-state index contributed by atoms with van der Waals surface area (Å²) in [6, 6.07) is 3.90. The van der Waals surface area contributed by atoms with Crippen LogP contribution in [0.5, 0.6) is 0 Å². The smallest absolute Gasteiger partial charge is 0.243 e. The molecule has 2 saturated heterocycles. The summed E-state index contributed by atoms with van der Waals surface area (Å²) in [6.07, 6.45) is 10.3. The number of fused-ring (bicyclic) bond motifs is 4. The molecule has 9 heteroatoms. The predicted octanol–water partition coefficient (Wildman–Crippen LogP) is 1.59. The number of amides is 1. The van der Waals surface area contributed by atoms with Gasteiger partial charge in [-0.15, -0.1) is 0 Å². The highest BCUT2D eigenvalue weighted by Gasteiger charge is 2.51. The lowest BCUT2D eigenvalue weighted by Gasteiger charge is -2.51. The Morgan fingerprint density at radius 1 is 1.06 bits per heavy atom. The second kappa shape index (κ2) is 7.88. The summed E-state index contributed by atoms with van der Waals surface area (Å²) in [6.45, 7) is 4.70. The summed E-state index contributed by atoms with van der Waals surface area (Å²) in [5.41, 5.74) is 2.18. The van der Waals surface area contributed by atoms with Gasteiger partial charge in [0.05, 0.1) is 17.4 Å². The van der Waals surface area contributed by atoms with Gasteiger partial charge in [-0.25, -0.2) is 9.97 Å². The van der Waals surface area contributed by atoms with Crippen LogP contribution in [0.4, 0.5) is 23.3 Å². The van der Waals surface area contributed by atoms with E-state index < -0.39 is 0 Å². The van der Waals surface area contributed by atoms with E-state index in [1.807, 2.05) is 18.5 Å². The van der Waals surface area contributed by atoms with Crippen LogP contribution in [0.3, 0.4) is 0 Å². The fraction of sp³-hybridized carbons (Fsp3) is 0.565. The first kappa shape index (κ1) is 19.7. The third kappa shape index (κ3) is 3.35. The van der Waals surface area contributed by atoms with Crippen LogP contribution >= 0.6 is 0 Å². The van der Waals surface area contributed by atoms with E-state index >= 15 is 0 Å². The Morgan fingerprint density at radius 3 is 2.69 bits per heavy atom. The van der Waals surface area contributed by atoms with Crippen molar-refractivity contribution >= 4 is 29.2 Å². The number of hydrogen-bond donors (Lipinski definition) is 3. The normalized spacial score (nSPS) is 24.1. The minimum Gasteiger partial charge on any atom is -0.368 e. The Bertz CT molecular complexity index is 998. The van der Waals surface area contributed by atoms with Gasteiger partial charge in [-0.3, -0.25) is 4.79 Å². The highest BCUT2D eigenvalue weighted by Crippen LogP contribution is 2.44. The lowest BCUT2D eigenvalue weighted by molar-refractivity contribution is -0.124. The topological polar surface area (TPSA) is 98.3 Å². The molecule has 168 valence electrons. The van der Waals surface area contributed by atoms with Gasteiger partial charge in [-0.1, -0.05) is 19.3 Å². The summed E-state index contributed by atoms with van der Waals surface area (Å²) in [5.74, 6) is 2.28. The Hall–Kier alpha value is -2.94.